The third-order valence-electron chi connectivity index (χ3n) is 3.36. The van der Waals surface area contributed by atoms with Crippen LogP contribution in [0.5, 0.6) is 0 Å². The molecular formula is C14H18ClN3. The Hall–Kier alpha value is -1.32. The van der Waals surface area contributed by atoms with Gasteiger partial charge in [-0.3, -0.25) is 0 Å². The summed E-state index contributed by atoms with van der Waals surface area (Å²) < 4.78 is 2.08. The summed E-state index contributed by atoms with van der Waals surface area (Å²) >= 11 is 6.05. The molecule has 1 aromatic carbocycles. The highest BCUT2D eigenvalue weighted by molar-refractivity contribution is 6.30. The van der Waals surface area contributed by atoms with Gasteiger partial charge in [-0.05, 0) is 37.1 Å². The van der Waals surface area contributed by atoms with E-state index in [9.17, 15) is 0 Å². The van der Waals surface area contributed by atoms with Crippen LogP contribution in [-0.2, 0) is 20.0 Å². The fourth-order valence-electron chi connectivity index (χ4n) is 2.17. The van der Waals surface area contributed by atoms with Crippen molar-refractivity contribution in [3.05, 3.63) is 51.6 Å². The average molecular weight is 264 g/mol. The summed E-state index contributed by atoms with van der Waals surface area (Å²) in [5, 5.41) is 0.773. The first kappa shape index (κ1) is 13.1. The number of hydrogen-bond donors (Lipinski definition) is 1. The van der Waals surface area contributed by atoms with Crippen LogP contribution in [-0.4, -0.2) is 9.55 Å². The van der Waals surface area contributed by atoms with Gasteiger partial charge in [0.1, 0.15) is 5.82 Å². The van der Waals surface area contributed by atoms with E-state index in [1.807, 2.05) is 32.2 Å². The van der Waals surface area contributed by atoms with Crippen LogP contribution in [0.4, 0.5) is 0 Å². The van der Waals surface area contributed by atoms with Crippen molar-refractivity contribution >= 4 is 11.6 Å². The van der Waals surface area contributed by atoms with Crippen molar-refractivity contribution in [1.29, 1.82) is 0 Å². The quantitative estimate of drug-likeness (QED) is 0.925. The van der Waals surface area contributed by atoms with Gasteiger partial charge in [0.2, 0.25) is 0 Å². The van der Waals surface area contributed by atoms with Crippen LogP contribution in [0.15, 0.2) is 18.2 Å². The van der Waals surface area contributed by atoms with Crippen molar-refractivity contribution in [3.8, 4) is 0 Å². The Morgan fingerprint density at radius 2 is 2.06 bits per heavy atom. The van der Waals surface area contributed by atoms with Crippen LogP contribution in [0, 0.1) is 13.8 Å². The van der Waals surface area contributed by atoms with Gasteiger partial charge < -0.3 is 10.3 Å². The van der Waals surface area contributed by atoms with Crippen LogP contribution < -0.4 is 5.73 Å². The minimum atomic E-state index is 0.464. The number of benzene rings is 1. The number of nitrogens with two attached hydrogens (primary N) is 1. The minimum absolute atomic E-state index is 0.464. The van der Waals surface area contributed by atoms with Crippen molar-refractivity contribution in [2.75, 3.05) is 0 Å². The highest BCUT2D eigenvalue weighted by Crippen LogP contribution is 2.20. The molecule has 0 spiro atoms. The summed E-state index contributed by atoms with van der Waals surface area (Å²) in [5.74, 6) is 0.919. The zero-order valence-electron chi connectivity index (χ0n) is 11.0. The summed E-state index contributed by atoms with van der Waals surface area (Å²) in [6, 6.07) is 5.99. The van der Waals surface area contributed by atoms with Crippen molar-refractivity contribution in [1.82, 2.24) is 9.55 Å². The molecule has 0 bridgehead atoms. The lowest BCUT2D eigenvalue weighted by Gasteiger charge is -2.09. The summed E-state index contributed by atoms with van der Waals surface area (Å²) in [7, 11) is 2.01. The van der Waals surface area contributed by atoms with Crippen LogP contribution in [0.2, 0.25) is 5.02 Å². The molecule has 0 aliphatic carbocycles. The Bertz CT molecular complexity index is 573. The van der Waals surface area contributed by atoms with Gasteiger partial charge in [0.15, 0.2) is 0 Å². The average Bonchev–Trinajstić information content (AvgIpc) is 2.61. The second-order valence-corrected chi connectivity index (χ2v) is 5.01. The number of imidazole rings is 1. The van der Waals surface area contributed by atoms with Crippen LogP contribution in [0.25, 0.3) is 0 Å². The van der Waals surface area contributed by atoms with E-state index in [1.54, 1.807) is 0 Å². The number of halogens is 1. The number of nitrogens with zero attached hydrogens (tertiary/aromatic N) is 2. The van der Waals surface area contributed by atoms with E-state index < -0.39 is 0 Å². The molecule has 18 heavy (non-hydrogen) atoms. The maximum absolute atomic E-state index is 6.05. The van der Waals surface area contributed by atoms with E-state index in [4.69, 9.17) is 17.3 Å². The molecule has 3 nitrogen and oxygen atoms in total. The third kappa shape index (κ3) is 2.42. The lowest BCUT2D eigenvalue weighted by atomic mass is 10.0. The number of aryl methyl sites for hydroxylation is 2. The molecule has 0 saturated heterocycles. The van der Waals surface area contributed by atoms with E-state index in [-0.39, 0.29) is 0 Å². The van der Waals surface area contributed by atoms with E-state index >= 15 is 0 Å². The normalized spacial score (nSPS) is 10.9. The summed E-state index contributed by atoms with van der Waals surface area (Å²) in [4.78, 5) is 4.48. The third-order valence-corrected chi connectivity index (χ3v) is 3.59. The molecule has 0 atom stereocenters. The van der Waals surface area contributed by atoms with Gasteiger partial charge in [-0.1, -0.05) is 17.7 Å². The van der Waals surface area contributed by atoms with Crippen molar-refractivity contribution in [2.45, 2.75) is 26.8 Å². The van der Waals surface area contributed by atoms with Gasteiger partial charge >= 0.3 is 0 Å². The molecule has 0 unspecified atom stereocenters. The second kappa shape index (κ2) is 5.12. The largest absolute Gasteiger partial charge is 0.333 e. The summed E-state index contributed by atoms with van der Waals surface area (Å²) in [6.45, 7) is 4.58. The molecule has 2 N–H and O–H groups in total. The first-order valence-electron chi connectivity index (χ1n) is 5.99. The molecule has 2 aromatic rings. The number of rotatable bonds is 3. The van der Waals surface area contributed by atoms with Gasteiger partial charge in [0.25, 0.3) is 0 Å². The number of hydrogen-bond acceptors (Lipinski definition) is 2. The maximum atomic E-state index is 6.05. The smallest absolute Gasteiger partial charge is 0.122 e. The summed E-state index contributed by atoms with van der Waals surface area (Å²) in [5.41, 5.74) is 10.4. The predicted molar refractivity (Wildman–Crippen MR) is 74.8 cm³/mol. The molecular weight excluding hydrogens is 246 g/mol. The van der Waals surface area contributed by atoms with Gasteiger partial charge in [-0.25, -0.2) is 4.98 Å². The first-order chi connectivity index (χ1) is 8.52. The molecule has 96 valence electrons. The van der Waals surface area contributed by atoms with E-state index in [2.05, 4.69) is 16.5 Å². The molecule has 2 rings (SSSR count). The Kier molecular flexibility index (Phi) is 3.73. The lowest BCUT2D eigenvalue weighted by Crippen LogP contribution is -2.07. The van der Waals surface area contributed by atoms with E-state index in [0.717, 1.165) is 23.0 Å². The van der Waals surface area contributed by atoms with Crippen molar-refractivity contribution in [2.24, 2.45) is 12.8 Å². The second-order valence-electron chi connectivity index (χ2n) is 4.57. The standard InChI is InChI=1S/C14H18ClN3/c1-9-4-5-12(15)6-11(9)7-13-10(2)17-14(8-16)18(13)3/h4-6H,7-8,16H2,1-3H3. The number of aromatic nitrogens is 2. The molecule has 1 heterocycles. The maximum Gasteiger partial charge on any atom is 0.122 e. The zero-order valence-corrected chi connectivity index (χ0v) is 11.8. The fraction of sp³-hybridized carbons (Fsp3) is 0.357. The lowest BCUT2D eigenvalue weighted by molar-refractivity contribution is 0.759. The fourth-order valence-corrected chi connectivity index (χ4v) is 2.37. The molecule has 1 aromatic heterocycles. The Morgan fingerprint density at radius 1 is 1.33 bits per heavy atom. The van der Waals surface area contributed by atoms with Crippen molar-refractivity contribution in [3.63, 3.8) is 0 Å². The monoisotopic (exact) mass is 263 g/mol. The van der Waals surface area contributed by atoms with Gasteiger partial charge in [0.05, 0.1) is 12.2 Å². The zero-order chi connectivity index (χ0) is 13.3. The van der Waals surface area contributed by atoms with Crippen LogP contribution in [0.3, 0.4) is 0 Å². The minimum Gasteiger partial charge on any atom is -0.333 e. The SMILES string of the molecule is Cc1ccc(Cl)cc1Cc1c(C)nc(CN)n1C. The van der Waals surface area contributed by atoms with Gasteiger partial charge in [0, 0.05) is 24.2 Å². The topological polar surface area (TPSA) is 43.8 Å². The Morgan fingerprint density at radius 3 is 2.67 bits per heavy atom. The molecule has 0 aliphatic heterocycles. The predicted octanol–water partition coefficient (Wildman–Crippen LogP) is 2.74. The molecule has 0 saturated carbocycles. The molecule has 0 radical (unpaired) electrons. The van der Waals surface area contributed by atoms with Crippen molar-refractivity contribution < 1.29 is 0 Å². The summed E-state index contributed by atoms with van der Waals surface area (Å²) in [6.07, 6.45) is 0.835. The Labute approximate surface area is 113 Å². The highest BCUT2D eigenvalue weighted by atomic mass is 35.5. The van der Waals surface area contributed by atoms with Gasteiger partial charge in [-0.2, -0.15) is 0 Å². The van der Waals surface area contributed by atoms with Gasteiger partial charge in [-0.15, -0.1) is 0 Å². The highest BCUT2D eigenvalue weighted by Gasteiger charge is 2.12. The van der Waals surface area contributed by atoms with Crippen LogP contribution >= 0.6 is 11.6 Å². The first-order valence-corrected chi connectivity index (χ1v) is 6.37. The Balaban J connectivity index is 2.39. The molecule has 0 fully saturated rings. The molecule has 0 amide bonds. The van der Waals surface area contributed by atoms with Crippen LogP contribution in [0.1, 0.15) is 28.3 Å². The van der Waals surface area contributed by atoms with E-state index in [0.29, 0.717) is 6.54 Å². The van der Waals surface area contributed by atoms with E-state index in [1.165, 1.54) is 16.8 Å². The molecule has 4 heteroatoms. The molecule has 0 aliphatic rings.